The van der Waals surface area contributed by atoms with E-state index in [1.807, 2.05) is 30.3 Å². The van der Waals surface area contributed by atoms with Crippen molar-refractivity contribution in [2.75, 3.05) is 5.32 Å². The third-order valence-corrected chi connectivity index (χ3v) is 2.39. The Balaban J connectivity index is 0.000000492. The second-order valence-electron chi connectivity index (χ2n) is 3.23. The van der Waals surface area contributed by atoms with Crippen LogP contribution in [0.5, 0.6) is 0 Å². The molecule has 0 saturated carbocycles. The lowest BCUT2D eigenvalue weighted by molar-refractivity contribution is -0.122. The Hall–Kier alpha value is -2.18. The maximum atomic E-state index is 8.36. The summed E-state index contributed by atoms with van der Waals surface area (Å²) in [4.78, 5) is 8.36. The number of carboxylic acid groups (broad SMARTS) is 1. The van der Waals surface area contributed by atoms with Gasteiger partial charge in [0.15, 0.2) is 5.11 Å². The molecule has 2 aromatic rings. The summed E-state index contributed by atoms with van der Waals surface area (Å²) >= 11 is 4.95. The summed E-state index contributed by atoms with van der Waals surface area (Å²) in [6, 6.07) is 14.1. The topological polar surface area (TPSA) is 87.4 Å². The number of nitrogens with one attached hydrogen (secondary N) is 2. The second kappa shape index (κ2) is 7.21. The standard InChI is InChI=1S/C11H11N3S.CH2O2/c12-14-11(15)13-10-7-3-5-8-4-1-2-6-9(8)10;2-1-3/h1-7H,12H2,(H2,13,14,15);1H,(H,2,3). The van der Waals surface area contributed by atoms with Crippen molar-refractivity contribution in [2.45, 2.75) is 0 Å². The number of anilines is 1. The number of nitrogens with two attached hydrogens (primary N) is 1. The third kappa shape index (κ3) is 3.69. The zero-order chi connectivity index (χ0) is 13.4. The van der Waals surface area contributed by atoms with E-state index in [0.29, 0.717) is 5.11 Å². The summed E-state index contributed by atoms with van der Waals surface area (Å²) in [7, 11) is 0. The minimum absolute atomic E-state index is 0.250. The number of thiocarbonyl (C=S) groups is 1. The average Bonchev–Trinajstić information content (AvgIpc) is 2.40. The number of hydrogen-bond donors (Lipinski definition) is 4. The van der Waals surface area contributed by atoms with Gasteiger partial charge in [-0.15, -0.1) is 0 Å². The van der Waals surface area contributed by atoms with E-state index in [1.165, 1.54) is 5.39 Å². The molecular formula is C12H13N3O2S. The summed E-state index contributed by atoms with van der Waals surface area (Å²) in [5.41, 5.74) is 3.35. The molecule has 0 amide bonds. The smallest absolute Gasteiger partial charge is 0.290 e. The molecule has 0 saturated heterocycles. The highest BCUT2D eigenvalue weighted by Gasteiger charge is 2.00. The van der Waals surface area contributed by atoms with E-state index in [1.54, 1.807) is 0 Å². The summed E-state index contributed by atoms with van der Waals surface area (Å²) in [5.74, 6) is 5.21. The predicted octanol–water partition coefficient (Wildman–Crippen LogP) is 1.70. The van der Waals surface area contributed by atoms with Gasteiger partial charge in [-0.1, -0.05) is 36.4 Å². The minimum Gasteiger partial charge on any atom is -0.483 e. The highest BCUT2D eigenvalue weighted by Crippen LogP contribution is 2.22. The fourth-order valence-corrected chi connectivity index (χ4v) is 1.60. The van der Waals surface area contributed by atoms with E-state index in [0.717, 1.165) is 11.1 Å². The van der Waals surface area contributed by atoms with Crippen LogP contribution in [0.2, 0.25) is 0 Å². The van der Waals surface area contributed by atoms with Gasteiger partial charge in [-0.3, -0.25) is 4.79 Å². The molecule has 0 atom stereocenters. The first kappa shape index (κ1) is 13.9. The van der Waals surface area contributed by atoms with E-state index in [-0.39, 0.29) is 6.47 Å². The van der Waals surface area contributed by atoms with Gasteiger partial charge in [0.1, 0.15) is 0 Å². The maximum Gasteiger partial charge on any atom is 0.290 e. The Labute approximate surface area is 110 Å². The van der Waals surface area contributed by atoms with Crippen LogP contribution >= 0.6 is 12.2 Å². The monoisotopic (exact) mass is 263 g/mol. The van der Waals surface area contributed by atoms with E-state index in [9.17, 15) is 0 Å². The summed E-state index contributed by atoms with van der Waals surface area (Å²) < 4.78 is 0. The van der Waals surface area contributed by atoms with E-state index >= 15 is 0 Å². The van der Waals surface area contributed by atoms with Crippen molar-refractivity contribution in [3.05, 3.63) is 42.5 Å². The van der Waals surface area contributed by atoms with Crippen LogP contribution in [0.3, 0.4) is 0 Å². The molecule has 0 aliphatic heterocycles. The minimum atomic E-state index is -0.250. The first-order valence-corrected chi connectivity index (χ1v) is 5.47. The number of fused-ring (bicyclic) bond motifs is 1. The quantitative estimate of drug-likeness (QED) is 0.271. The van der Waals surface area contributed by atoms with Crippen molar-refractivity contribution in [2.24, 2.45) is 5.84 Å². The Bertz CT molecular complexity index is 540. The number of hydrogen-bond acceptors (Lipinski definition) is 3. The molecule has 0 aliphatic rings. The van der Waals surface area contributed by atoms with Gasteiger partial charge in [0.2, 0.25) is 0 Å². The van der Waals surface area contributed by atoms with Gasteiger partial charge in [-0.25, -0.2) is 5.84 Å². The van der Waals surface area contributed by atoms with Gasteiger partial charge in [0.25, 0.3) is 6.47 Å². The first-order valence-electron chi connectivity index (χ1n) is 5.06. The molecule has 18 heavy (non-hydrogen) atoms. The lowest BCUT2D eigenvalue weighted by atomic mass is 10.1. The van der Waals surface area contributed by atoms with Gasteiger partial charge in [0, 0.05) is 11.1 Å². The molecule has 0 bridgehead atoms. The van der Waals surface area contributed by atoms with E-state index in [4.69, 9.17) is 28.0 Å². The first-order chi connectivity index (χ1) is 8.72. The normalized spacial score (nSPS) is 8.94. The number of rotatable bonds is 1. The molecule has 94 valence electrons. The molecule has 0 spiro atoms. The van der Waals surface area contributed by atoms with Gasteiger partial charge < -0.3 is 15.8 Å². The highest BCUT2D eigenvalue weighted by molar-refractivity contribution is 7.80. The van der Waals surface area contributed by atoms with Crippen molar-refractivity contribution in [1.82, 2.24) is 5.43 Å². The number of carbonyl (C=O) groups is 1. The third-order valence-electron chi connectivity index (χ3n) is 2.17. The van der Waals surface area contributed by atoms with Crippen LogP contribution in [0.1, 0.15) is 0 Å². The van der Waals surface area contributed by atoms with Crippen molar-refractivity contribution < 1.29 is 9.90 Å². The largest absolute Gasteiger partial charge is 0.483 e. The summed E-state index contributed by atoms with van der Waals surface area (Å²) in [6.07, 6.45) is 0. The lowest BCUT2D eigenvalue weighted by Crippen LogP contribution is -2.34. The van der Waals surface area contributed by atoms with Gasteiger partial charge >= 0.3 is 0 Å². The van der Waals surface area contributed by atoms with Crippen LogP contribution in [0, 0.1) is 0 Å². The van der Waals surface area contributed by atoms with Crippen LogP contribution in [-0.2, 0) is 4.79 Å². The Morgan fingerprint density at radius 3 is 2.50 bits per heavy atom. The Morgan fingerprint density at radius 2 is 1.83 bits per heavy atom. The predicted molar refractivity (Wildman–Crippen MR) is 76.2 cm³/mol. The SMILES string of the molecule is NNC(=S)Nc1cccc2ccccc12.O=CO. The Morgan fingerprint density at radius 1 is 1.22 bits per heavy atom. The molecule has 6 heteroatoms. The molecule has 0 aliphatic carbocycles. The van der Waals surface area contributed by atoms with E-state index in [2.05, 4.69) is 22.9 Å². The lowest BCUT2D eigenvalue weighted by Gasteiger charge is -2.09. The fourth-order valence-electron chi connectivity index (χ4n) is 1.49. The maximum absolute atomic E-state index is 8.36. The molecule has 0 radical (unpaired) electrons. The highest BCUT2D eigenvalue weighted by atomic mass is 32.1. The second-order valence-corrected chi connectivity index (χ2v) is 3.64. The van der Waals surface area contributed by atoms with Gasteiger partial charge in [0.05, 0.1) is 0 Å². The van der Waals surface area contributed by atoms with Crippen molar-refractivity contribution >= 4 is 40.3 Å². The van der Waals surface area contributed by atoms with Crippen LogP contribution in [0.15, 0.2) is 42.5 Å². The van der Waals surface area contributed by atoms with Crippen LogP contribution in [-0.4, -0.2) is 16.7 Å². The molecule has 0 fully saturated rings. The van der Waals surface area contributed by atoms with Gasteiger partial charge in [-0.2, -0.15) is 0 Å². The van der Waals surface area contributed by atoms with Crippen molar-refractivity contribution in [3.63, 3.8) is 0 Å². The number of benzene rings is 2. The molecule has 0 heterocycles. The number of hydrazine groups is 1. The molecule has 2 aromatic carbocycles. The molecule has 0 aromatic heterocycles. The van der Waals surface area contributed by atoms with Gasteiger partial charge in [-0.05, 0) is 23.7 Å². The summed E-state index contributed by atoms with van der Waals surface area (Å²) in [5, 5.41) is 12.6. The van der Waals surface area contributed by atoms with Crippen molar-refractivity contribution in [3.8, 4) is 0 Å². The van der Waals surface area contributed by atoms with Crippen LogP contribution < -0.4 is 16.6 Å². The molecule has 2 rings (SSSR count). The zero-order valence-corrected chi connectivity index (χ0v) is 10.3. The van der Waals surface area contributed by atoms with Crippen LogP contribution in [0.4, 0.5) is 5.69 Å². The van der Waals surface area contributed by atoms with E-state index < -0.39 is 0 Å². The molecule has 0 unspecified atom stereocenters. The molecular weight excluding hydrogens is 250 g/mol. The van der Waals surface area contributed by atoms with Crippen molar-refractivity contribution in [1.29, 1.82) is 0 Å². The molecule has 5 nitrogen and oxygen atoms in total. The zero-order valence-electron chi connectivity index (χ0n) is 9.46. The average molecular weight is 263 g/mol. The molecule has 5 N–H and O–H groups in total. The van der Waals surface area contributed by atoms with Crippen LogP contribution in [0.25, 0.3) is 10.8 Å². The fraction of sp³-hybridized carbons (Fsp3) is 0. The Kier molecular flexibility index (Phi) is 5.56. The summed E-state index contributed by atoms with van der Waals surface area (Å²) in [6.45, 7) is -0.250.